The van der Waals surface area contributed by atoms with Crippen LogP contribution in [0.1, 0.15) is 19.4 Å². The van der Waals surface area contributed by atoms with Gasteiger partial charge in [0.05, 0.1) is 13.5 Å². The normalized spacial score (nSPS) is 10.4. The van der Waals surface area contributed by atoms with Crippen molar-refractivity contribution in [3.63, 3.8) is 0 Å². The van der Waals surface area contributed by atoms with Gasteiger partial charge < -0.3 is 4.74 Å². The van der Waals surface area contributed by atoms with E-state index in [0.29, 0.717) is 5.56 Å². The van der Waals surface area contributed by atoms with Crippen molar-refractivity contribution in [1.82, 2.24) is 9.62 Å². The zero-order valence-electron chi connectivity index (χ0n) is 13.8. The smallest absolute Gasteiger partial charge is 0.316 e. The zero-order chi connectivity index (χ0) is 18.3. The average molecular weight is 373 g/mol. The second kappa shape index (κ2) is 9.40. The molecule has 0 spiro atoms. The molecule has 0 aliphatic heterocycles. The molecule has 0 fully saturated rings. The van der Waals surface area contributed by atoms with Gasteiger partial charge in [0, 0.05) is 18.0 Å². The highest BCUT2D eigenvalue weighted by atomic mass is 32.2. The van der Waals surface area contributed by atoms with Gasteiger partial charge >= 0.3 is 15.7 Å². The first-order valence-electron chi connectivity index (χ1n) is 6.97. The van der Waals surface area contributed by atoms with Gasteiger partial charge in [-0.05, 0) is 38.6 Å². The molecule has 0 aliphatic rings. The number of hydrogen-bond acceptors (Lipinski definition) is 8. The Hall–Kier alpha value is -1.91. The highest BCUT2D eigenvalue weighted by Crippen LogP contribution is 2.28. The van der Waals surface area contributed by atoms with Gasteiger partial charge in [-0.1, -0.05) is 6.07 Å². The van der Waals surface area contributed by atoms with Crippen molar-refractivity contribution < 1.29 is 22.7 Å². The van der Waals surface area contributed by atoms with Crippen molar-refractivity contribution in [2.75, 3.05) is 14.2 Å². The Labute approximate surface area is 146 Å². The molecule has 0 saturated carbocycles. The van der Waals surface area contributed by atoms with E-state index < -0.39 is 21.6 Å². The number of amides is 2. The number of rotatable bonds is 6. The number of benzene rings is 1. The summed E-state index contributed by atoms with van der Waals surface area (Å²) < 4.78 is 32.7. The molecule has 1 N–H and O–H groups in total. The van der Waals surface area contributed by atoms with Gasteiger partial charge in [-0.2, -0.15) is 8.42 Å². The fourth-order valence-corrected chi connectivity index (χ4v) is 2.88. The molecule has 0 radical (unpaired) electrons. The first kappa shape index (κ1) is 20.1. The van der Waals surface area contributed by atoms with Crippen molar-refractivity contribution in [3.05, 3.63) is 23.8 Å². The molecule has 0 saturated heterocycles. The van der Waals surface area contributed by atoms with E-state index in [1.54, 1.807) is 27.0 Å². The Morgan fingerprint density at radius 3 is 2.54 bits per heavy atom. The van der Waals surface area contributed by atoms with Crippen LogP contribution in [0.4, 0.5) is 10.5 Å². The third-order valence-electron chi connectivity index (χ3n) is 2.94. The first-order chi connectivity index (χ1) is 11.3. The van der Waals surface area contributed by atoms with E-state index in [2.05, 4.69) is 9.08 Å². The summed E-state index contributed by atoms with van der Waals surface area (Å²) in [6.07, 6.45) is -0.0633. The van der Waals surface area contributed by atoms with Crippen molar-refractivity contribution in [2.24, 2.45) is 4.36 Å². The molecular formula is C14H19N3O5S2. The Balaban J connectivity index is 3.08. The van der Waals surface area contributed by atoms with E-state index in [4.69, 9.17) is 4.74 Å². The quantitative estimate of drug-likeness (QED) is 0.762. The third kappa shape index (κ3) is 5.62. The van der Waals surface area contributed by atoms with Crippen LogP contribution >= 0.6 is 11.9 Å². The monoisotopic (exact) mass is 373 g/mol. The molecule has 0 aliphatic carbocycles. The summed E-state index contributed by atoms with van der Waals surface area (Å²) in [5, 5.41) is -0.406. The molecule has 0 atom stereocenters. The maximum absolute atomic E-state index is 12.4. The molecule has 0 aromatic heterocycles. The van der Waals surface area contributed by atoms with Crippen LogP contribution in [-0.4, -0.2) is 44.7 Å². The van der Waals surface area contributed by atoms with E-state index in [-0.39, 0.29) is 23.9 Å². The topological polar surface area (TPSA) is 105 Å². The summed E-state index contributed by atoms with van der Waals surface area (Å²) >= 11 is 0.820. The molecule has 0 unspecified atom stereocenters. The standard InChI is InChI=1S/C14H19N3O5S2/c1-9(2)17(14(19)23-15-3)13(18)8-10-5-6-12(22-4)11(7-10)16-24(20)21/h5-7,9,15H,8H2,1-4H3. The number of methoxy groups -OCH3 is 1. The predicted octanol–water partition coefficient (Wildman–Crippen LogP) is 2.16. The number of nitrogens with zero attached hydrogens (tertiary/aromatic N) is 2. The molecule has 2 amide bonds. The zero-order valence-corrected chi connectivity index (χ0v) is 15.4. The van der Waals surface area contributed by atoms with Gasteiger partial charge in [0.2, 0.25) is 5.91 Å². The van der Waals surface area contributed by atoms with E-state index >= 15 is 0 Å². The van der Waals surface area contributed by atoms with Crippen LogP contribution in [0.25, 0.3) is 0 Å². The summed E-state index contributed by atoms with van der Waals surface area (Å²) in [5.74, 6) is -0.116. The maximum atomic E-state index is 12.4. The van der Waals surface area contributed by atoms with Crippen LogP contribution in [0.3, 0.4) is 0 Å². The number of imide groups is 1. The van der Waals surface area contributed by atoms with Crippen molar-refractivity contribution in [1.29, 1.82) is 0 Å². The second-order valence-electron chi connectivity index (χ2n) is 4.92. The number of carbonyl (C=O) groups is 2. The van der Waals surface area contributed by atoms with E-state index in [1.165, 1.54) is 19.2 Å². The number of nitrogens with one attached hydrogen (secondary N) is 1. The van der Waals surface area contributed by atoms with Crippen LogP contribution in [0, 0.1) is 0 Å². The molecule has 0 bridgehead atoms. The summed E-state index contributed by atoms with van der Waals surface area (Å²) in [7, 11) is 0.337. The lowest BCUT2D eigenvalue weighted by atomic mass is 10.1. The molecule has 132 valence electrons. The number of ether oxygens (including phenoxy) is 1. The van der Waals surface area contributed by atoms with E-state index in [1.807, 2.05) is 0 Å². The summed E-state index contributed by atoms with van der Waals surface area (Å²) in [6.45, 7) is 3.47. The molecule has 1 aromatic carbocycles. The van der Waals surface area contributed by atoms with Crippen LogP contribution in [0.2, 0.25) is 0 Å². The van der Waals surface area contributed by atoms with Gasteiger partial charge in [0.1, 0.15) is 11.4 Å². The summed E-state index contributed by atoms with van der Waals surface area (Å²) in [5.41, 5.74) is 0.626. The largest absolute Gasteiger partial charge is 0.494 e. The van der Waals surface area contributed by atoms with Crippen LogP contribution in [0.5, 0.6) is 5.75 Å². The summed E-state index contributed by atoms with van der Waals surface area (Å²) in [6, 6.07) is 4.29. The van der Waals surface area contributed by atoms with Crippen molar-refractivity contribution in [3.8, 4) is 5.75 Å². The minimum atomic E-state index is -2.64. The minimum Gasteiger partial charge on any atom is -0.494 e. The van der Waals surface area contributed by atoms with E-state index in [0.717, 1.165) is 16.8 Å². The SMILES string of the molecule is CNSC(=O)N(C(=O)Cc1ccc(OC)c(N=S(=O)=O)c1)C(C)C. The molecular weight excluding hydrogens is 354 g/mol. The average Bonchev–Trinajstić information content (AvgIpc) is 2.46. The Morgan fingerprint density at radius 1 is 1.38 bits per heavy atom. The molecule has 10 heteroatoms. The lowest BCUT2D eigenvalue weighted by Gasteiger charge is -2.24. The number of hydrogen-bond donors (Lipinski definition) is 1. The third-order valence-corrected chi connectivity index (χ3v) is 3.86. The fourth-order valence-electron chi connectivity index (χ4n) is 1.99. The van der Waals surface area contributed by atoms with Gasteiger partial charge in [0.25, 0.3) is 0 Å². The Kier molecular flexibility index (Phi) is 7.89. The van der Waals surface area contributed by atoms with Crippen molar-refractivity contribution >= 4 is 39.3 Å². The molecule has 1 aromatic rings. The second-order valence-corrected chi connectivity index (χ2v) is 6.50. The van der Waals surface area contributed by atoms with Gasteiger partial charge in [-0.15, -0.1) is 4.36 Å². The fraction of sp³-hybridized carbons (Fsp3) is 0.429. The van der Waals surface area contributed by atoms with Gasteiger partial charge in [-0.25, -0.2) is 0 Å². The lowest BCUT2D eigenvalue weighted by Crippen LogP contribution is -2.41. The molecule has 0 heterocycles. The van der Waals surface area contributed by atoms with Crippen LogP contribution in [-0.2, 0) is 21.7 Å². The minimum absolute atomic E-state index is 0.0633. The molecule has 8 nitrogen and oxygen atoms in total. The highest BCUT2D eigenvalue weighted by Gasteiger charge is 2.25. The predicted molar refractivity (Wildman–Crippen MR) is 91.7 cm³/mol. The van der Waals surface area contributed by atoms with E-state index in [9.17, 15) is 18.0 Å². The molecule has 24 heavy (non-hydrogen) atoms. The van der Waals surface area contributed by atoms with Gasteiger partial charge in [-0.3, -0.25) is 19.2 Å². The summed E-state index contributed by atoms with van der Waals surface area (Å²) in [4.78, 5) is 25.6. The van der Waals surface area contributed by atoms with Crippen LogP contribution in [0.15, 0.2) is 22.6 Å². The van der Waals surface area contributed by atoms with Crippen molar-refractivity contribution in [2.45, 2.75) is 26.3 Å². The molecule has 1 rings (SSSR count). The number of carbonyl (C=O) groups excluding carboxylic acids is 2. The van der Waals surface area contributed by atoms with Crippen LogP contribution < -0.4 is 9.46 Å². The van der Waals surface area contributed by atoms with Gasteiger partial charge in [0.15, 0.2) is 0 Å². The Morgan fingerprint density at radius 2 is 2.04 bits per heavy atom. The highest BCUT2D eigenvalue weighted by molar-refractivity contribution is 8.11. The Bertz CT molecular complexity index is 739. The lowest BCUT2D eigenvalue weighted by molar-refractivity contribution is -0.128. The maximum Gasteiger partial charge on any atom is 0.316 e. The first-order valence-corrected chi connectivity index (χ1v) is 8.82.